The number of rotatable bonds is 0. The quantitative estimate of drug-likeness (QED) is 0.214. The van der Waals surface area contributed by atoms with Gasteiger partial charge in [-0.2, -0.15) is 0 Å². The van der Waals surface area contributed by atoms with Gasteiger partial charge in [-0.15, -0.1) is 4.68 Å². The second kappa shape index (κ2) is 6.99. The molecule has 1 heterocycles. The molecule has 0 aliphatic rings. The van der Waals surface area contributed by atoms with Crippen molar-refractivity contribution >= 4 is 120 Å². The Hall–Kier alpha value is 1.62. The molecule has 8 N–H and O–H groups in total. The SMILES string of the molecule is Nc1cc[n+](N)c(N)c1N.[KH].[KH]. The molecule has 0 saturated carbocycles. The Labute approximate surface area is 156 Å². The molecular weight excluding hydrogens is 208 g/mol. The van der Waals surface area contributed by atoms with Crippen molar-refractivity contribution in [2.24, 2.45) is 0 Å². The van der Waals surface area contributed by atoms with Gasteiger partial charge < -0.3 is 11.5 Å². The van der Waals surface area contributed by atoms with Crippen LogP contribution in [0.5, 0.6) is 0 Å². The van der Waals surface area contributed by atoms with Crippen molar-refractivity contribution in [3.05, 3.63) is 12.3 Å². The zero-order valence-electron chi connectivity index (χ0n) is 5.41. The third-order valence-corrected chi connectivity index (χ3v) is 1.28. The summed E-state index contributed by atoms with van der Waals surface area (Å²) in [5.41, 5.74) is 17.0. The number of anilines is 3. The van der Waals surface area contributed by atoms with Crippen LogP contribution in [0.25, 0.3) is 0 Å². The average molecular weight is 220 g/mol. The molecule has 0 aliphatic heterocycles. The number of hydrogen-bond donors (Lipinski definition) is 4. The van der Waals surface area contributed by atoms with E-state index in [9.17, 15) is 0 Å². The summed E-state index contributed by atoms with van der Waals surface area (Å²) < 4.78 is 1.21. The molecule has 1 rings (SSSR count). The molecule has 0 unspecified atom stereocenters. The molecule has 1 aromatic rings. The molecule has 5 nitrogen and oxygen atoms in total. The van der Waals surface area contributed by atoms with Gasteiger partial charge in [0.2, 0.25) is 0 Å². The summed E-state index contributed by atoms with van der Waals surface area (Å²) >= 11 is 0. The van der Waals surface area contributed by atoms with Gasteiger partial charge in [-0.25, -0.2) is 0 Å². The van der Waals surface area contributed by atoms with E-state index in [0.29, 0.717) is 11.4 Å². The predicted octanol–water partition coefficient (Wildman–Crippen LogP) is -2.86. The molecule has 58 valence electrons. The Morgan fingerprint density at radius 3 is 2.00 bits per heavy atom. The second-order valence-corrected chi connectivity index (χ2v) is 1.98. The zero-order chi connectivity index (χ0) is 7.72. The van der Waals surface area contributed by atoms with Crippen LogP contribution in [-0.4, -0.2) is 103 Å². The molecule has 0 fully saturated rings. The first-order valence-electron chi connectivity index (χ1n) is 2.73. The third kappa shape index (κ3) is 3.78. The molecule has 0 bridgehead atoms. The van der Waals surface area contributed by atoms with Crippen LogP contribution in [0.1, 0.15) is 0 Å². The van der Waals surface area contributed by atoms with Crippen LogP contribution in [0, 0.1) is 0 Å². The van der Waals surface area contributed by atoms with Crippen LogP contribution in [0.15, 0.2) is 12.3 Å². The molecule has 7 heteroatoms. The number of hydrogen-bond acceptors (Lipinski definition) is 4. The number of nitrogens with two attached hydrogens (primary N) is 4. The van der Waals surface area contributed by atoms with E-state index in [-0.39, 0.29) is 109 Å². The summed E-state index contributed by atoms with van der Waals surface area (Å²) in [6, 6.07) is 1.59. The fourth-order valence-electron chi connectivity index (χ4n) is 0.618. The van der Waals surface area contributed by atoms with Crippen molar-refractivity contribution in [3.63, 3.8) is 0 Å². The van der Waals surface area contributed by atoms with Gasteiger partial charge in [-0.3, -0.25) is 11.6 Å². The monoisotopic (exact) mass is 220 g/mol. The molecule has 1 aromatic heterocycles. The van der Waals surface area contributed by atoms with Crippen molar-refractivity contribution in [1.82, 2.24) is 0 Å². The predicted molar refractivity (Wildman–Crippen MR) is 54.3 cm³/mol. The number of aromatic nitrogens is 1. The van der Waals surface area contributed by atoms with Gasteiger partial charge in [0.1, 0.15) is 11.9 Å². The Balaban J connectivity index is 0. The van der Waals surface area contributed by atoms with Crippen molar-refractivity contribution in [3.8, 4) is 0 Å². The maximum absolute atomic E-state index is 5.43. The molecule has 0 aromatic carbocycles. The Kier molecular flexibility index (Phi) is 9.35. The molecule has 0 spiro atoms. The van der Waals surface area contributed by atoms with Crippen LogP contribution >= 0.6 is 0 Å². The minimum atomic E-state index is 0. The van der Waals surface area contributed by atoms with E-state index >= 15 is 0 Å². The van der Waals surface area contributed by atoms with E-state index in [4.69, 9.17) is 23.0 Å². The maximum atomic E-state index is 5.43. The number of nitrogens with zero attached hydrogens (tertiary/aromatic N) is 1. The molecule has 0 amide bonds. The first-order valence-corrected chi connectivity index (χ1v) is 2.73. The van der Waals surface area contributed by atoms with Crippen molar-refractivity contribution in [1.29, 1.82) is 0 Å². The minimum absolute atomic E-state index is 0. The first-order chi connectivity index (χ1) is 4.63. The van der Waals surface area contributed by atoms with Crippen molar-refractivity contribution in [2.45, 2.75) is 0 Å². The molecular formula is C5H12K2N5+. The van der Waals surface area contributed by atoms with Gasteiger partial charge >= 0.3 is 109 Å². The van der Waals surface area contributed by atoms with E-state index in [1.165, 1.54) is 4.68 Å². The van der Waals surface area contributed by atoms with Crippen LogP contribution in [0.3, 0.4) is 0 Å². The van der Waals surface area contributed by atoms with Crippen LogP contribution in [-0.2, 0) is 0 Å². The molecule has 0 radical (unpaired) electrons. The first kappa shape index (κ1) is 16.1. The molecule has 12 heavy (non-hydrogen) atoms. The van der Waals surface area contributed by atoms with E-state index < -0.39 is 0 Å². The van der Waals surface area contributed by atoms with Crippen LogP contribution < -0.4 is 27.7 Å². The summed E-state index contributed by atoms with van der Waals surface area (Å²) in [5, 5.41) is 0. The van der Waals surface area contributed by atoms with Gasteiger partial charge in [-0.1, -0.05) is 0 Å². The van der Waals surface area contributed by atoms with Gasteiger partial charge in [-0.05, 0) is 0 Å². The van der Waals surface area contributed by atoms with Gasteiger partial charge in [0.05, 0.1) is 5.69 Å². The average Bonchev–Trinajstić information content (AvgIpc) is 1.93. The fourth-order valence-corrected chi connectivity index (χ4v) is 0.618. The van der Waals surface area contributed by atoms with Crippen molar-refractivity contribution < 1.29 is 4.68 Å². The van der Waals surface area contributed by atoms with Gasteiger partial charge in [0.15, 0.2) is 0 Å². The Bertz CT molecular complexity index is 237. The van der Waals surface area contributed by atoms with Crippen molar-refractivity contribution in [2.75, 3.05) is 23.0 Å². The van der Waals surface area contributed by atoms with E-state index in [1.807, 2.05) is 0 Å². The normalized spacial score (nSPS) is 8.00. The Morgan fingerprint density at radius 2 is 1.58 bits per heavy atom. The molecule has 0 saturated heterocycles. The summed E-state index contributed by atoms with van der Waals surface area (Å²) in [6.45, 7) is 0. The van der Waals surface area contributed by atoms with E-state index in [0.717, 1.165) is 0 Å². The van der Waals surface area contributed by atoms with Crippen LogP contribution in [0.4, 0.5) is 17.2 Å². The summed E-state index contributed by atoms with van der Waals surface area (Å²) in [4.78, 5) is 0. The summed E-state index contributed by atoms with van der Waals surface area (Å²) in [7, 11) is 0. The van der Waals surface area contributed by atoms with Gasteiger partial charge in [0, 0.05) is 6.07 Å². The summed E-state index contributed by atoms with van der Waals surface area (Å²) in [6.07, 6.45) is 1.54. The standard InChI is InChI=1S/C5H9N5.2K.2H/c6-3-1-2-10(9)5(8)4(3)7;;;;/h1-2H,7,9H2,(H3,6,8);;;;/p+1. The topological polar surface area (TPSA) is 108 Å². The molecule has 0 aliphatic carbocycles. The fraction of sp³-hybridized carbons (Fsp3) is 0. The van der Waals surface area contributed by atoms with Crippen LogP contribution in [0.2, 0.25) is 0 Å². The Morgan fingerprint density at radius 1 is 1.08 bits per heavy atom. The van der Waals surface area contributed by atoms with E-state index in [1.54, 1.807) is 12.3 Å². The second-order valence-electron chi connectivity index (χ2n) is 1.98. The zero-order valence-corrected chi connectivity index (χ0v) is 5.41. The van der Waals surface area contributed by atoms with E-state index in [2.05, 4.69) is 0 Å². The molecule has 0 atom stereocenters. The van der Waals surface area contributed by atoms with Gasteiger partial charge in [0.25, 0.3) is 0 Å². The third-order valence-electron chi connectivity index (χ3n) is 1.28. The number of nitrogen functional groups attached to an aromatic ring is 4. The number of pyridine rings is 1. The summed E-state index contributed by atoms with van der Waals surface area (Å²) in [5.74, 6) is 5.62.